The van der Waals surface area contributed by atoms with Gasteiger partial charge in [0, 0.05) is 46.2 Å². The van der Waals surface area contributed by atoms with Crippen LogP contribution in [0.15, 0.2) is 35.2 Å². The van der Waals surface area contributed by atoms with E-state index in [2.05, 4.69) is 15.7 Å². The number of hydroxylamine groups is 1. The molecule has 1 atom stereocenters. The molecule has 2 N–H and O–H groups in total. The Hall–Kier alpha value is -2.32. The fraction of sp³-hybridized carbons (Fsp3) is 0.500. The Morgan fingerprint density at radius 2 is 2.12 bits per heavy atom. The van der Waals surface area contributed by atoms with Crippen molar-refractivity contribution >= 4 is 11.8 Å². The van der Waals surface area contributed by atoms with Crippen molar-refractivity contribution in [1.29, 1.82) is 0 Å². The molecule has 1 fully saturated rings. The van der Waals surface area contributed by atoms with Crippen LogP contribution in [0.4, 0.5) is 0 Å². The lowest BCUT2D eigenvalue weighted by Gasteiger charge is -2.34. The number of hydrogen-bond acceptors (Lipinski definition) is 6. The van der Waals surface area contributed by atoms with Crippen LogP contribution in [0.5, 0.6) is 0 Å². The summed E-state index contributed by atoms with van der Waals surface area (Å²) in [5, 5.41) is 2.92. The van der Waals surface area contributed by atoms with Gasteiger partial charge in [0.2, 0.25) is 11.4 Å². The van der Waals surface area contributed by atoms with Crippen molar-refractivity contribution in [2.24, 2.45) is 0 Å². The molecule has 2 aliphatic heterocycles. The quantitative estimate of drug-likeness (QED) is 0.776. The molecular formula is C16H22N4O4. The van der Waals surface area contributed by atoms with Crippen molar-refractivity contribution in [3.63, 3.8) is 0 Å². The van der Waals surface area contributed by atoms with Crippen molar-refractivity contribution in [1.82, 2.24) is 20.6 Å². The summed E-state index contributed by atoms with van der Waals surface area (Å²) in [6.07, 6.45) is 4.59. The topological polar surface area (TPSA) is 87.1 Å². The number of furan rings is 1. The van der Waals surface area contributed by atoms with Crippen LogP contribution in [-0.2, 0) is 20.0 Å². The minimum atomic E-state index is -1.13. The molecule has 0 spiro atoms. The highest BCUT2D eigenvalue weighted by atomic mass is 16.6. The van der Waals surface area contributed by atoms with Gasteiger partial charge in [-0.1, -0.05) is 0 Å². The summed E-state index contributed by atoms with van der Waals surface area (Å²) in [4.78, 5) is 33.0. The van der Waals surface area contributed by atoms with Crippen molar-refractivity contribution in [2.45, 2.75) is 12.5 Å². The van der Waals surface area contributed by atoms with E-state index in [4.69, 9.17) is 9.25 Å². The van der Waals surface area contributed by atoms with Crippen molar-refractivity contribution in [3.05, 3.63) is 36.5 Å². The summed E-state index contributed by atoms with van der Waals surface area (Å²) in [5.74, 6) is 0.361. The number of carbonyl (C=O) groups excluding carboxylic acids is 2. The Bertz CT molecular complexity index is 608. The first-order valence-electron chi connectivity index (χ1n) is 8.02. The first-order chi connectivity index (χ1) is 11.6. The van der Waals surface area contributed by atoms with Gasteiger partial charge in [0.25, 0.3) is 5.91 Å². The van der Waals surface area contributed by atoms with Crippen LogP contribution in [0, 0.1) is 0 Å². The van der Waals surface area contributed by atoms with Crippen LogP contribution >= 0.6 is 0 Å². The largest absolute Gasteiger partial charge is 0.466 e. The predicted octanol–water partition coefficient (Wildman–Crippen LogP) is -0.196. The zero-order valence-corrected chi connectivity index (χ0v) is 13.7. The average Bonchev–Trinajstić information content (AvgIpc) is 3.27. The molecule has 0 aliphatic carbocycles. The second-order valence-corrected chi connectivity index (χ2v) is 5.91. The summed E-state index contributed by atoms with van der Waals surface area (Å²) in [6.45, 7) is 5.94. The number of carbonyl (C=O) groups is 2. The molecule has 2 aliphatic rings. The fourth-order valence-electron chi connectivity index (χ4n) is 2.92. The molecule has 1 saturated heterocycles. The Labute approximate surface area is 140 Å². The molecule has 2 amide bonds. The van der Waals surface area contributed by atoms with Gasteiger partial charge in [-0.2, -0.15) is 0 Å². The minimum Gasteiger partial charge on any atom is -0.466 e. The van der Waals surface area contributed by atoms with Crippen LogP contribution in [0.2, 0.25) is 0 Å². The Kier molecular flexibility index (Phi) is 4.86. The molecule has 8 heteroatoms. The molecule has 0 radical (unpaired) electrons. The molecule has 1 aromatic rings. The molecule has 3 rings (SSSR count). The lowest BCUT2D eigenvalue weighted by atomic mass is 9.96. The van der Waals surface area contributed by atoms with Crippen LogP contribution in [0.3, 0.4) is 0 Å². The highest BCUT2D eigenvalue weighted by Gasteiger charge is 2.44. The molecule has 0 aromatic carbocycles. The van der Waals surface area contributed by atoms with Gasteiger partial charge in [-0.3, -0.25) is 14.5 Å². The number of nitrogens with zero attached hydrogens (tertiary/aromatic N) is 2. The SMILES string of the molecule is CC(=O)N1CCN(CCNC(=O)C2(c3ccco3)C=CON2)CC1. The third-order valence-corrected chi connectivity index (χ3v) is 4.41. The normalized spacial score (nSPS) is 24.0. The number of piperazine rings is 1. The van der Waals surface area contributed by atoms with E-state index in [9.17, 15) is 9.59 Å². The third-order valence-electron chi connectivity index (χ3n) is 4.41. The van der Waals surface area contributed by atoms with E-state index < -0.39 is 5.54 Å². The molecule has 8 nitrogen and oxygen atoms in total. The molecule has 24 heavy (non-hydrogen) atoms. The van der Waals surface area contributed by atoms with Gasteiger partial charge in [-0.15, -0.1) is 5.48 Å². The maximum Gasteiger partial charge on any atom is 0.255 e. The summed E-state index contributed by atoms with van der Waals surface area (Å²) >= 11 is 0. The van der Waals surface area contributed by atoms with Gasteiger partial charge in [-0.25, -0.2) is 0 Å². The molecular weight excluding hydrogens is 312 g/mol. The van der Waals surface area contributed by atoms with E-state index in [0.717, 1.165) is 32.7 Å². The van der Waals surface area contributed by atoms with Crippen LogP contribution < -0.4 is 10.8 Å². The Balaban J connectivity index is 1.49. The minimum absolute atomic E-state index is 0.113. The van der Waals surface area contributed by atoms with Crippen LogP contribution in [0.25, 0.3) is 0 Å². The van der Waals surface area contributed by atoms with Crippen molar-refractivity contribution in [2.75, 3.05) is 39.3 Å². The van der Waals surface area contributed by atoms with E-state index in [1.165, 1.54) is 12.5 Å². The van der Waals surface area contributed by atoms with Gasteiger partial charge in [0.05, 0.1) is 6.26 Å². The summed E-state index contributed by atoms with van der Waals surface area (Å²) in [7, 11) is 0. The fourth-order valence-corrected chi connectivity index (χ4v) is 2.92. The smallest absolute Gasteiger partial charge is 0.255 e. The lowest BCUT2D eigenvalue weighted by molar-refractivity contribution is -0.130. The van der Waals surface area contributed by atoms with Gasteiger partial charge >= 0.3 is 0 Å². The van der Waals surface area contributed by atoms with E-state index in [-0.39, 0.29) is 11.8 Å². The molecule has 0 saturated carbocycles. The van der Waals surface area contributed by atoms with Crippen molar-refractivity contribution < 1.29 is 18.8 Å². The van der Waals surface area contributed by atoms with E-state index in [1.54, 1.807) is 25.1 Å². The van der Waals surface area contributed by atoms with Gasteiger partial charge in [-0.05, 0) is 18.2 Å². The predicted molar refractivity (Wildman–Crippen MR) is 85.5 cm³/mol. The first kappa shape index (κ1) is 16.5. The molecule has 1 aromatic heterocycles. The maximum absolute atomic E-state index is 12.6. The summed E-state index contributed by atoms with van der Waals surface area (Å²) in [6, 6.07) is 3.46. The second-order valence-electron chi connectivity index (χ2n) is 5.91. The maximum atomic E-state index is 12.6. The monoisotopic (exact) mass is 334 g/mol. The number of hydrogen-bond donors (Lipinski definition) is 2. The summed E-state index contributed by atoms with van der Waals surface area (Å²) in [5.41, 5.74) is 1.58. The molecule has 3 heterocycles. The average molecular weight is 334 g/mol. The third kappa shape index (κ3) is 3.29. The van der Waals surface area contributed by atoms with E-state index in [0.29, 0.717) is 12.3 Å². The second kappa shape index (κ2) is 7.06. The van der Waals surface area contributed by atoms with Gasteiger partial charge < -0.3 is 19.5 Å². The van der Waals surface area contributed by atoms with E-state index >= 15 is 0 Å². The van der Waals surface area contributed by atoms with Crippen LogP contribution in [0.1, 0.15) is 12.7 Å². The number of nitrogens with one attached hydrogen (secondary N) is 2. The van der Waals surface area contributed by atoms with Crippen LogP contribution in [-0.4, -0.2) is 60.9 Å². The highest BCUT2D eigenvalue weighted by Crippen LogP contribution is 2.27. The van der Waals surface area contributed by atoms with Gasteiger partial charge in [0.15, 0.2) is 0 Å². The van der Waals surface area contributed by atoms with E-state index in [1.807, 2.05) is 4.90 Å². The highest BCUT2D eigenvalue weighted by molar-refractivity contribution is 5.89. The zero-order chi connectivity index (χ0) is 17.0. The lowest BCUT2D eigenvalue weighted by Crippen LogP contribution is -2.53. The molecule has 0 bridgehead atoms. The Morgan fingerprint density at radius 3 is 2.71 bits per heavy atom. The molecule has 130 valence electrons. The Morgan fingerprint density at radius 1 is 1.33 bits per heavy atom. The summed E-state index contributed by atoms with van der Waals surface area (Å²) < 4.78 is 5.37. The molecule has 1 unspecified atom stereocenters. The number of amides is 2. The van der Waals surface area contributed by atoms with Crippen molar-refractivity contribution in [3.8, 4) is 0 Å². The zero-order valence-electron chi connectivity index (χ0n) is 13.7. The first-order valence-corrected chi connectivity index (χ1v) is 8.02. The number of rotatable bonds is 5. The van der Waals surface area contributed by atoms with Gasteiger partial charge in [0.1, 0.15) is 12.0 Å². The standard InChI is InChI=1S/C16H22N4O4/c1-13(21)20-9-7-19(8-10-20)6-5-17-15(22)16(4-12-24-18-16)14-3-2-11-23-14/h2-4,11-12,18H,5-10H2,1H3,(H,17,22).